The number of carbonyl (C=O) groups is 1. The van der Waals surface area contributed by atoms with Gasteiger partial charge in [-0.15, -0.1) is 0 Å². The van der Waals surface area contributed by atoms with Crippen LogP contribution < -0.4 is 0 Å². The van der Waals surface area contributed by atoms with E-state index in [1.807, 2.05) is 0 Å². The van der Waals surface area contributed by atoms with E-state index < -0.39 is 12.1 Å². The number of hydrogen-bond acceptors (Lipinski definition) is 3. The number of carboxylic acid groups (broad SMARTS) is 1. The third-order valence-electron chi connectivity index (χ3n) is 0.811. The normalized spacial score (nSPS) is 28.2. The Labute approximate surface area is 46.0 Å². The Balaban J connectivity index is 2.35. The Kier molecular flexibility index (Phi) is 1.45. The molecule has 1 aliphatic rings. The molecule has 1 N–H and O–H groups in total. The third kappa shape index (κ3) is 0.962. The molecule has 1 saturated heterocycles. The lowest BCUT2D eigenvalue weighted by Crippen LogP contribution is -2.21. The van der Waals surface area contributed by atoms with Crippen molar-refractivity contribution in [2.45, 2.75) is 6.10 Å². The Morgan fingerprint density at radius 3 is 2.88 bits per heavy atom. The van der Waals surface area contributed by atoms with Crippen LogP contribution in [0.3, 0.4) is 0 Å². The SMILES string of the molecule is O=C(O)C1CO[CH]O1. The number of carboxylic acids is 1. The summed E-state index contributed by atoms with van der Waals surface area (Å²) in [5.74, 6) is -0.987. The number of aliphatic carboxylic acids is 1. The maximum atomic E-state index is 9.98. The van der Waals surface area contributed by atoms with Crippen molar-refractivity contribution in [2.75, 3.05) is 6.61 Å². The largest absolute Gasteiger partial charge is 0.479 e. The summed E-state index contributed by atoms with van der Waals surface area (Å²) in [4.78, 5) is 9.98. The van der Waals surface area contributed by atoms with Gasteiger partial charge >= 0.3 is 5.97 Å². The zero-order valence-corrected chi connectivity index (χ0v) is 4.03. The van der Waals surface area contributed by atoms with Crippen LogP contribution in [-0.2, 0) is 14.3 Å². The van der Waals surface area contributed by atoms with E-state index in [0.29, 0.717) is 0 Å². The second-order valence-corrected chi connectivity index (χ2v) is 1.39. The molecule has 1 atom stereocenters. The van der Waals surface area contributed by atoms with Crippen molar-refractivity contribution in [1.29, 1.82) is 0 Å². The van der Waals surface area contributed by atoms with Crippen molar-refractivity contribution in [3.05, 3.63) is 6.79 Å². The molecule has 0 aromatic carbocycles. The van der Waals surface area contributed by atoms with Crippen molar-refractivity contribution in [3.63, 3.8) is 0 Å². The van der Waals surface area contributed by atoms with Crippen LogP contribution in [0, 0.1) is 6.79 Å². The molecule has 0 aromatic heterocycles. The first-order chi connectivity index (χ1) is 3.80. The van der Waals surface area contributed by atoms with Gasteiger partial charge < -0.3 is 14.6 Å². The summed E-state index contributed by atoms with van der Waals surface area (Å²) in [6.07, 6.45) is -0.796. The van der Waals surface area contributed by atoms with E-state index in [0.717, 1.165) is 6.79 Å². The first kappa shape index (κ1) is 5.53. The number of ether oxygens (including phenoxy) is 2. The lowest BCUT2D eigenvalue weighted by Gasteiger charge is -1.95. The van der Waals surface area contributed by atoms with E-state index >= 15 is 0 Å². The molecule has 45 valence electrons. The summed E-state index contributed by atoms with van der Waals surface area (Å²) in [6.45, 7) is 1.16. The van der Waals surface area contributed by atoms with Crippen LogP contribution in [0.2, 0.25) is 0 Å². The Hall–Kier alpha value is -0.610. The van der Waals surface area contributed by atoms with Crippen LogP contribution >= 0.6 is 0 Å². The second kappa shape index (κ2) is 2.11. The maximum absolute atomic E-state index is 9.98. The molecule has 1 aliphatic heterocycles. The van der Waals surface area contributed by atoms with Gasteiger partial charge in [-0.2, -0.15) is 0 Å². The highest BCUT2D eigenvalue weighted by molar-refractivity contribution is 5.72. The van der Waals surface area contributed by atoms with Gasteiger partial charge in [0.2, 0.25) is 6.79 Å². The number of rotatable bonds is 1. The van der Waals surface area contributed by atoms with Crippen LogP contribution in [0.4, 0.5) is 0 Å². The summed E-state index contributed by atoms with van der Waals surface area (Å²) in [6, 6.07) is 0. The molecular formula is C4H5O4. The molecular weight excluding hydrogens is 112 g/mol. The number of hydrogen-bond donors (Lipinski definition) is 1. The predicted molar refractivity (Wildman–Crippen MR) is 22.8 cm³/mol. The van der Waals surface area contributed by atoms with Crippen LogP contribution in [0.1, 0.15) is 0 Å². The molecule has 0 bridgehead atoms. The smallest absolute Gasteiger partial charge is 0.335 e. The Morgan fingerprint density at radius 2 is 2.62 bits per heavy atom. The molecule has 0 aliphatic carbocycles. The highest BCUT2D eigenvalue weighted by Crippen LogP contribution is 2.05. The van der Waals surface area contributed by atoms with E-state index in [-0.39, 0.29) is 6.61 Å². The predicted octanol–water partition coefficient (Wildman–Crippen LogP) is -0.394. The van der Waals surface area contributed by atoms with Gasteiger partial charge in [-0.25, -0.2) is 4.79 Å². The minimum atomic E-state index is -0.987. The molecule has 4 heteroatoms. The highest BCUT2D eigenvalue weighted by Gasteiger charge is 2.23. The van der Waals surface area contributed by atoms with E-state index in [4.69, 9.17) is 5.11 Å². The molecule has 0 saturated carbocycles. The standard InChI is InChI=1S/C4H5O4/c5-4(6)3-1-7-2-8-3/h2-3H,1H2,(H,5,6). The second-order valence-electron chi connectivity index (χ2n) is 1.39. The van der Waals surface area contributed by atoms with Gasteiger partial charge in [0.25, 0.3) is 0 Å². The van der Waals surface area contributed by atoms with Crippen LogP contribution in [0.25, 0.3) is 0 Å². The van der Waals surface area contributed by atoms with Gasteiger partial charge in [-0.1, -0.05) is 0 Å². The van der Waals surface area contributed by atoms with E-state index in [9.17, 15) is 4.79 Å². The van der Waals surface area contributed by atoms with Gasteiger partial charge in [0, 0.05) is 0 Å². The van der Waals surface area contributed by atoms with Crippen LogP contribution in [-0.4, -0.2) is 23.8 Å². The average Bonchev–Trinajstić information content (AvgIpc) is 2.12. The zero-order valence-electron chi connectivity index (χ0n) is 4.03. The molecule has 1 rings (SSSR count). The van der Waals surface area contributed by atoms with E-state index in [2.05, 4.69) is 9.47 Å². The highest BCUT2D eigenvalue weighted by atomic mass is 16.7. The van der Waals surface area contributed by atoms with Gasteiger partial charge in [0.05, 0.1) is 6.61 Å². The lowest BCUT2D eigenvalue weighted by atomic mass is 10.4. The molecule has 1 fully saturated rings. The molecule has 4 nitrogen and oxygen atoms in total. The first-order valence-electron chi connectivity index (χ1n) is 2.12. The molecule has 0 spiro atoms. The summed E-state index contributed by atoms with van der Waals surface area (Å²) in [7, 11) is 0. The van der Waals surface area contributed by atoms with Crippen molar-refractivity contribution >= 4 is 5.97 Å². The van der Waals surface area contributed by atoms with Gasteiger partial charge in [0.15, 0.2) is 6.10 Å². The monoisotopic (exact) mass is 117 g/mol. The minimum absolute atomic E-state index is 0.120. The van der Waals surface area contributed by atoms with Crippen molar-refractivity contribution in [1.82, 2.24) is 0 Å². The van der Waals surface area contributed by atoms with Crippen LogP contribution in [0.5, 0.6) is 0 Å². The van der Waals surface area contributed by atoms with Crippen molar-refractivity contribution in [2.24, 2.45) is 0 Å². The average molecular weight is 117 g/mol. The first-order valence-corrected chi connectivity index (χ1v) is 2.12. The lowest BCUT2D eigenvalue weighted by molar-refractivity contribution is -0.145. The zero-order chi connectivity index (χ0) is 5.98. The van der Waals surface area contributed by atoms with E-state index in [1.165, 1.54) is 0 Å². The van der Waals surface area contributed by atoms with Gasteiger partial charge in [-0.3, -0.25) is 0 Å². The topological polar surface area (TPSA) is 55.8 Å². The fourth-order valence-electron chi connectivity index (χ4n) is 0.402. The van der Waals surface area contributed by atoms with E-state index in [1.54, 1.807) is 0 Å². The molecule has 8 heavy (non-hydrogen) atoms. The summed E-state index contributed by atoms with van der Waals surface area (Å²) < 4.78 is 8.96. The van der Waals surface area contributed by atoms with Gasteiger partial charge in [-0.05, 0) is 0 Å². The Morgan fingerprint density at radius 1 is 1.88 bits per heavy atom. The fraction of sp³-hybridized carbons (Fsp3) is 0.500. The molecule has 1 heterocycles. The molecule has 0 amide bonds. The van der Waals surface area contributed by atoms with Crippen molar-refractivity contribution in [3.8, 4) is 0 Å². The summed E-state index contributed by atoms with van der Waals surface area (Å²) >= 11 is 0. The Bertz CT molecular complexity index is 94.2. The van der Waals surface area contributed by atoms with Gasteiger partial charge in [0.1, 0.15) is 0 Å². The van der Waals surface area contributed by atoms with Crippen molar-refractivity contribution < 1.29 is 19.4 Å². The quantitative estimate of drug-likeness (QED) is 0.508. The fourth-order valence-corrected chi connectivity index (χ4v) is 0.402. The maximum Gasteiger partial charge on any atom is 0.335 e. The van der Waals surface area contributed by atoms with Crippen LogP contribution in [0.15, 0.2) is 0 Å². The molecule has 1 radical (unpaired) electrons. The molecule has 0 aromatic rings. The summed E-state index contributed by atoms with van der Waals surface area (Å²) in [5, 5.41) is 8.19. The summed E-state index contributed by atoms with van der Waals surface area (Å²) in [5.41, 5.74) is 0. The minimum Gasteiger partial charge on any atom is -0.479 e. The molecule has 1 unspecified atom stereocenters. The third-order valence-corrected chi connectivity index (χ3v) is 0.811.